The lowest BCUT2D eigenvalue weighted by Crippen LogP contribution is -2.52. The first-order valence-corrected chi connectivity index (χ1v) is 12.9. The van der Waals surface area contributed by atoms with E-state index in [9.17, 15) is 14.3 Å². The number of hydrogen-bond donors (Lipinski definition) is 1. The summed E-state index contributed by atoms with van der Waals surface area (Å²) >= 11 is 0. The minimum atomic E-state index is -0.955. The summed E-state index contributed by atoms with van der Waals surface area (Å²) in [7, 11) is 1.41. The van der Waals surface area contributed by atoms with Crippen LogP contribution in [0.1, 0.15) is 58.8 Å². The molecule has 0 saturated heterocycles. The number of phenolic OH excluding ortho intramolecular Hbond substituents is 1. The molecule has 1 aromatic carbocycles. The molecule has 0 unspecified atom stereocenters. The second-order valence-electron chi connectivity index (χ2n) is 10.6. The Hall–Kier alpha value is -3.43. The lowest BCUT2D eigenvalue weighted by Gasteiger charge is -2.46. The van der Waals surface area contributed by atoms with E-state index in [-0.39, 0.29) is 40.3 Å². The summed E-state index contributed by atoms with van der Waals surface area (Å²) in [5.41, 5.74) is -0.533. The van der Waals surface area contributed by atoms with E-state index in [0.717, 1.165) is 55.7 Å². The number of halogens is 2. The molecule has 2 fully saturated rings. The smallest absolute Gasteiger partial charge is 0.348 e. The minimum Gasteiger partial charge on any atom is -0.507 e. The van der Waals surface area contributed by atoms with Crippen LogP contribution in [-0.2, 0) is 7.05 Å². The molecule has 0 amide bonds. The molecule has 2 heterocycles. The van der Waals surface area contributed by atoms with E-state index in [0.29, 0.717) is 11.4 Å². The fourth-order valence-corrected chi connectivity index (χ4v) is 5.65. The van der Waals surface area contributed by atoms with Crippen LogP contribution in [0.3, 0.4) is 0 Å². The Morgan fingerprint density at radius 2 is 2.03 bits per heavy atom. The highest BCUT2D eigenvalue weighted by atomic mass is 19.1. The third-order valence-corrected chi connectivity index (χ3v) is 7.74. The maximum Gasteiger partial charge on any atom is 0.348 e. The van der Waals surface area contributed by atoms with Gasteiger partial charge in [0.15, 0.2) is 17.5 Å². The molecule has 5 rings (SSSR count). The van der Waals surface area contributed by atoms with Gasteiger partial charge in [-0.05, 0) is 44.2 Å². The number of aromatic hydroxyl groups is 1. The molecule has 3 aromatic rings. The maximum absolute atomic E-state index is 15.9. The van der Waals surface area contributed by atoms with Gasteiger partial charge in [-0.3, -0.25) is 4.57 Å². The van der Waals surface area contributed by atoms with Gasteiger partial charge in [-0.15, -0.1) is 10.2 Å². The number of phenols is 1. The molecular weight excluding hydrogens is 478 g/mol. The van der Waals surface area contributed by atoms with Crippen LogP contribution in [0.2, 0.25) is 0 Å². The summed E-state index contributed by atoms with van der Waals surface area (Å²) in [4.78, 5) is 22.1. The van der Waals surface area contributed by atoms with Crippen LogP contribution in [-0.4, -0.2) is 48.1 Å². The number of benzene rings is 1. The molecule has 0 aliphatic heterocycles. The number of alkyl halides is 1. The van der Waals surface area contributed by atoms with Crippen LogP contribution in [0, 0.1) is 11.2 Å². The highest BCUT2D eigenvalue weighted by molar-refractivity contribution is 5.71. The topological polar surface area (TPSA) is 97.0 Å². The highest BCUT2D eigenvalue weighted by Gasteiger charge is 2.48. The van der Waals surface area contributed by atoms with Crippen molar-refractivity contribution in [2.75, 3.05) is 4.90 Å². The molecule has 0 spiro atoms. The van der Waals surface area contributed by atoms with Crippen molar-refractivity contribution in [3.63, 3.8) is 0 Å². The Morgan fingerprint density at radius 1 is 1.24 bits per heavy atom. The molecule has 0 radical (unpaired) electrons. The van der Waals surface area contributed by atoms with Crippen molar-refractivity contribution in [3.05, 3.63) is 46.9 Å². The molecule has 2 aromatic heterocycles. The largest absolute Gasteiger partial charge is 0.507 e. The number of nitrogens with zero attached hydrogens (tertiary/aromatic N) is 6. The second-order valence-corrected chi connectivity index (χ2v) is 10.6. The van der Waals surface area contributed by atoms with Gasteiger partial charge in [0.25, 0.3) is 0 Å². The van der Waals surface area contributed by atoms with Crippen molar-refractivity contribution in [1.82, 2.24) is 24.7 Å². The van der Waals surface area contributed by atoms with Gasteiger partial charge < -0.3 is 10.0 Å². The predicted octanol–water partition coefficient (Wildman–Crippen LogP) is 4.81. The minimum absolute atomic E-state index is 0.150. The zero-order valence-corrected chi connectivity index (χ0v) is 21.4. The van der Waals surface area contributed by atoms with Gasteiger partial charge in [0.05, 0.1) is 17.8 Å². The van der Waals surface area contributed by atoms with E-state index in [4.69, 9.17) is 0 Å². The van der Waals surface area contributed by atoms with Crippen LogP contribution < -0.4 is 10.6 Å². The first-order valence-electron chi connectivity index (χ1n) is 12.9. The van der Waals surface area contributed by atoms with Gasteiger partial charge in [-0.2, -0.15) is 4.98 Å². The number of hydrogen-bond acceptors (Lipinski definition) is 7. The summed E-state index contributed by atoms with van der Waals surface area (Å²) in [5, 5.41) is 19.3. The first-order chi connectivity index (χ1) is 17.7. The van der Waals surface area contributed by atoms with Gasteiger partial charge in [0.1, 0.15) is 17.6 Å². The zero-order chi connectivity index (χ0) is 26.3. The third kappa shape index (κ3) is 4.81. The van der Waals surface area contributed by atoms with Crippen LogP contribution in [0.25, 0.3) is 22.6 Å². The van der Waals surface area contributed by atoms with Gasteiger partial charge in [0, 0.05) is 30.3 Å². The maximum atomic E-state index is 15.9. The number of rotatable bonds is 7. The van der Waals surface area contributed by atoms with Crippen LogP contribution in [0.5, 0.6) is 5.75 Å². The quantitative estimate of drug-likeness (QED) is 0.487. The predicted molar refractivity (Wildman–Crippen MR) is 136 cm³/mol. The Bertz CT molecular complexity index is 1340. The fourth-order valence-electron chi connectivity index (χ4n) is 5.65. The SMILES string of the molecule is CCC[C@]1(C)CCC[C@H](N(c2cnc(-c3ccc(-c4nc(=O)n(C)cc4F)cc3O)nn2)C2CC2)[C@@H]1F. The second kappa shape index (κ2) is 9.79. The highest BCUT2D eigenvalue weighted by Crippen LogP contribution is 2.46. The van der Waals surface area contributed by atoms with Gasteiger partial charge in [-0.1, -0.05) is 32.8 Å². The average Bonchev–Trinajstić information content (AvgIpc) is 3.70. The third-order valence-electron chi connectivity index (χ3n) is 7.74. The van der Waals surface area contributed by atoms with Crippen LogP contribution in [0.4, 0.5) is 14.6 Å². The fraction of sp³-hybridized carbons (Fsp3) is 0.519. The molecule has 1 N–H and O–H groups in total. The Balaban J connectivity index is 1.41. The molecule has 0 bridgehead atoms. The Labute approximate surface area is 214 Å². The monoisotopic (exact) mass is 510 g/mol. The summed E-state index contributed by atoms with van der Waals surface area (Å²) < 4.78 is 31.3. The van der Waals surface area contributed by atoms with E-state index in [1.807, 2.05) is 0 Å². The molecular formula is C27H32F2N6O2. The molecule has 3 atom stereocenters. The standard InChI is InChI=1S/C27H32F2N6O2/c1-4-11-27(2)12-5-6-20(24(27)29)35(17-8-9-17)22-14-30-25(33-32-22)18-10-7-16(13-21(18)36)23-19(28)15-34(3)26(37)31-23/h7,10,13-15,17,20,24,36H,4-6,8-9,11-12H2,1-3H3/t20-,24-,27+/m0/s1. The van der Waals surface area contributed by atoms with Gasteiger partial charge in [0.2, 0.25) is 0 Å². The normalized spacial score (nSPS) is 23.7. The van der Waals surface area contributed by atoms with Crippen molar-refractivity contribution < 1.29 is 13.9 Å². The Kier molecular flexibility index (Phi) is 6.68. The van der Waals surface area contributed by atoms with E-state index in [1.165, 1.54) is 25.2 Å². The molecule has 8 nitrogen and oxygen atoms in total. The molecule has 2 saturated carbocycles. The lowest BCUT2D eigenvalue weighted by molar-refractivity contribution is 0.0423. The molecule has 10 heteroatoms. The van der Waals surface area contributed by atoms with E-state index in [1.54, 1.807) is 6.20 Å². The zero-order valence-electron chi connectivity index (χ0n) is 21.4. The van der Waals surface area contributed by atoms with Crippen molar-refractivity contribution in [2.24, 2.45) is 12.5 Å². The van der Waals surface area contributed by atoms with Crippen molar-refractivity contribution in [2.45, 2.75) is 77.0 Å². The van der Waals surface area contributed by atoms with Crippen molar-refractivity contribution in [3.8, 4) is 28.4 Å². The first kappa shape index (κ1) is 25.2. The van der Waals surface area contributed by atoms with Crippen LogP contribution >= 0.6 is 0 Å². The van der Waals surface area contributed by atoms with E-state index >= 15 is 4.39 Å². The summed E-state index contributed by atoms with van der Waals surface area (Å²) in [5.74, 6) is -0.139. The van der Waals surface area contributed by atoms with Gasteiger partial charge in [-0.25, -0.2) is 18.6 Å². The average molecular weight is 511 g/mol. The lowest BCUT2D eigenvalue weighted by atomic mass is 9.69. The molecule has 37 heavy (non-hydrogen) atoms. The molecule has 196 valence electrons. The number of aryl methyl sites for hydroxylation is 1. The van der Waals surface area contributed by atoms with Crippen molar-refractivity contribution in [1.29, 1.82) is 0 Å². The number of anilines is 1. The summed E-state index contributed by atoms with van der Waals surface area (Å²) in [6, 6.07) is 4.38. The van der Waals surface area contributed by atoms with Gasteiger partial charge >= 0.3 is 5.69 Å². The summed E-state index contributed by atoms with van der Waals surface area (Å²) in [6.45, 7) is 4.16. The van der Waals surface area contributed by atoms with E-state index < -0.39 is 17.7 Å². The molecule has 2 aliphatic rings. The van der Waals surface area contributed by atoms with E-state index in [2.05, 4.69) is 38.9 Å². The Morgan fingerprint density at radius 3 is 2.68 bits per heavy atom. The summed E-state index contributed by atoms with van der Waals surface area (Å²) in [6.07, 6.45) is 8.13. The molecule has 2 aliphatic carbocycles. The number of aromatic nitrogens is 5. The van der Waals surface area contributed by atoms with Crippen LogP contribution in [0.15, 0.2) is 35.4 Å². The van der Waals surface area contributed by atoms with Crippen molar-refractivity contribution >= 4 is 5.82 Å².